The summed E-state index contributed by atoms with van der Waals surface area (Å²) in [5.74, 6) is -0.338. The smallest absolute Gasteiger partial charge is 0.338 e. The minimum atomic E-state index is -0.338. The number of fused-ring (bicyclic) bond motifs is 1. The Kier molecular flexibility index (Phi) is 3.87. The highest BCUT2D eigenvalue weighted by molar-refractivity contribution is 5.93. The molecule has 3 rings (SSSR count). The fourth-order valence-corrected chi connectivity index (χ4v) is 2.44. The van der Waals surface area contributed by atoms with E-state index in [1.165, 1.54) is 0 Å². The summed E-state index contributed by atoms with van der Waals surface area (Å²) in [5.41, 5.74) is 3.23. The molecule has 0 N–H and O–H groups in total. The van der Waals surface area contributed by atoms with Gasteiger partial charge in [-0.2, -0.15) is 0 Å². The van der Waals surface area contributed by atoms with Crippen LogP contribution in [0.25, 0.3) is 11.0 Å². The zero-order valence-electron chi connectivity index (χ0n) is 12.6. The first kappa shape index (κ1) is 14.3. The van der Waals surface area contributed by atoms with Crippen molar-refractivity contribution < 1.29 is 9.53 Å². The molecule has 0 amide bonds. The molecule has 22 heavy (non-hydrogen) atoms. The number of carbonyl (C=O) groups excluding carboxylic acids is 1. The molecule has 0 saturated carbocycles. The van der Waals surface area contributed by atoms with Crippen molar-refractivity contribution in [1.29, 1.82) is 0 Å². The molecule has 3 aromatic rings. The average Bonchev–Trinajstić information content (AvgIpc) is 2.98. The van der Waals surface area contributed by atoms with E-state index in [4.69, 9.17) is 4.74 Å². The maximum absolute atomic E-state index is 11.8. The number of nitrogens with zero attached hydrogens (tertiary/aromatic N) is 3. The molecule has 1 atom stereocenters. The largest absolute Gasteiger partial charge is 0.462 e. The topological polar surface area (TPSA) is 57.0 Å². The molecule has 5 heteroatoms. The van der Waals surface area contributed by atoms with Gasteiger partial charge in [-0.15, -0.1) is 5.10 Å². The Morgan fingerprint density at radius 2 is 2.00 bits per heavy atom. The highest BCUT2D eigenvalue weighted by Gasteiger charge is 2.15. The van der Waals surface area contributed by atoms with Crippen molar-refractivity contribution in [2.75, 3.05) is 6.61 Å². The molecular weight excluding hydrogens is 278 g/mol. The lowest BCUT2D eigenvalue weighted by Gasteiger charge is -2.12. The molecule has 5 nitrogen and oxygen atoms in total. The zero-order chi connectivity index (χ0) is 15.5. The summed E-state index contributed by atoms with van der Waals surface area (Å²) in [6, 6.07) is 15.5. The summed E-state index contributed by atoms with van der Waals surface area (Å²) in [6.07, 6.45) is 0. The van der Waals surface area contributed by atoms with E-state index in [1.807, 2.05) is 28.9 Å². The van der Waals surface area contributed by atoms with Crippen LogP contribution in [0.15, 0.2) is 48.5 Å². The Labute approximate surface area is 128 Å². The molecule has 2 aromatic carbocycles. The Hall–Kier alpha value is -2.69. The van der Waals surface area contributed by atoms with Gasteiger partial charge in [0.15, 0.2) is 0 Å². The number of benzene rings is 2. The van der Waals surface area contributed by atoms with Gasteiger partial charge in [-0.25, -0.2) is 9.48 Å². The number of aromatic nitrogens is 3. The normalized spacial score (nSPS) is 12.3. The van der Waals surface area contributed by atoms with Crippen LogP contribution in [0.4, 0.5) is 0 Å². The number of hydrogen-bond acceptors (Lipinski definition) is 4. The Morgan fingerprint density at radius 1 is 1.23 bits per heavy atom. The Morgan fingerprint density at radius 3 is 2.73 bits per heavy atom. The van der Waals surface area contributed by atoms with Crippen molar-refractivity contribution in [3.05, 3.63) is 59.7 Å². The van der Waals surface area contributed by atoms with E-state index in [1.54, 1.807) is 19.1 Å². The van der Waals surface area contributed by atoms with Crippen molar-refractivity contribution in [2.24, 2.45) is 0 Å². The van der Waals surface area contributed by atoms with E-state index in [0.717, 1.165) is 11.1 Å². The first-order chi connectivity index (χ1) is 10.7. The minimum absolute atomic E-state index is 0.0691. The second-order valence-corrected chi connectivity index (χ2v) is 5.04. The second kappa shape index (κ2) is 5.97. The molecule has 0 aliphatic carbocycles. The lowest BCUT2D eigenvalue weighted by molar-refractivity contribution is 0.0526. The fraction of sp³-hybridized carbons (Fsp3) is 0.235. The molecule has 1 heterocycles. The van der Waals surface area contributed by atoms with Crippen LogP contribution in [0, 0.1) is 0 Å². The monoisotopic (exact) mass is 295 g/mol. The van der Waals surface area contributed by atoms with Crippen LogP contribution in [-0.2, 0) is 4.74 Å². The van der Waals surface area contributed by atoms with Gasteiger partial charge in [0.1, 0.15) is 5.52 Å². The van der Waals surface area contributed by atoms with Gasteiger partial charge in [0.2, 0.25) is 0 Å². The third kappa shape index (κ3) is 2.57. The molecule has 0 aliphatic rings. The second-order valence-electron chi connectivity index (χ2n) is 5.04. The Balaban J connectivity index is 1.98. The van der Waals surface area contributed by atoms with E-state index >= 15 is 0 Å². The lowest BCUT2D eigenvalue weighted by atomic mass is 10.1. The van der Waals surface area contributed by atoms with Crippen molar-refractivity contribution in [1.82, 2.24) is 15.0 Å². The third-order valence-corrected chi connectivity index (χ3v) is 3.63. The maximum Gasteiger partial charge on any atom is 0.338 e. The van der Waals surface area contributed by atoms with Crippen LogP contribution in [0.3, 0.4) is 0 Å². The average molecular weight is 295 g/mol. The summed E-state index contributed by atoms with van der Waals surface area (Å²) in [7, 11) is 0. The SMILES string of the molecule is CCOC(=O)c1ccc2c(c1)nnn2C(C)c1ccccc1. The van der Waals surface area contributed by atoms with Crippen LogP contribution in [-0.4, -0.2) is 27.6 Å². The molecule has 0 aliphatic heterocycles. The van der Waals surface area contributed by atoms with Gasteiger partial charge < -0.3 is 4.74 Å². The zero-order valence-corrected chi connectivity index (χ0v) is 12.6. The fourth-order valence-electron chi connectivity index (χ4n) is 2.44. The first-order valence-corrected chi connectivity index (χ1v) is 7.27. The van der Waals surface area contributed by atoms with E-state index in [-0.39, 0.29) is 12.0 Å². The summed E-state index contributed by atoms with van der Waals surface area (Å²) >= 11 is 0. The van der Waals surface area contributed by atoms with E-state index < -0.39 is 0 Å². The quantitative estimate of drug-likeness (QED) is 0.693. The minimum Gasteiger partial charge on any atom is -0.462 e. The molecule has 1 aromatic heterocycles. The molecule has 0 radical (unpaired) electrons. The van der Waals surface area contributed by atoms with Gasteiger partial charge in [0, 0.05) is 0 Å². The van der Waals surface area contributed by atoms with Gasteiger partial charge in [-0.1, -0.05) is 35.5 Å². The van der Waals surface area contributed by atoms with Crippen molar-refractivity contribution in [3.63, 3.8) is 0 Å². The molecular formula is C17H17N3O2. The number of ether oxygens (including phenoxy) is 1. The third-order valence-electron chi connectivity index (χ3n) is 3.63. The van der Waals surface area contributed by atoms with Gasteiger partial charge in [0.05, 0.1) is 23.7 Å². The molecule has 112 valence electrons. The summed E-state index contributed by atoms with van der Waals surface area (Å²) in [6.45, 7) is 4.21. The highest BCUT2D eigenvalue weighted by Crippen LogP contribution is 2.22. The standard InChI is InChI=1S/C17H17N3O2/c1-3-22-17(21)14-9-10-16-15(11-14)18-19-20(16)12(2)13-7-5-4-6-8-13/h4-12H,3H2,1-2H3. The summed E-state index contributed by atoms with van der Waals surface area (Å²) in [5, 5.41) is 8.41. The Bertz CT molecular complexity index is 796. The van der Waals surface area contributed by atoms with Gasteiger partial charge >= 0.3 is 5.97 Å². The summed E-state index contributed by atoms with van der Waals surface area (Å²) < 4.78 is 6.87. The predicted molar refractivity (Wildman–Crippen MR) is 83.7 cm³/mol. The maximum atomic E-state index is 11.8. The van der Waals surface area contributed by atoms with Crippen LogP contribution in [0.1, 0.15) is 35.8 Å². The van der Waals surface area contributed by atoms with Crippen LogP contribution < -0.4 is 0 Å². The lowest BCUT2D eigenvalue weighted by Crippen LogP contribution is -2.08. The van der Waals surface area contributed by atoms with Gasteiger partial charge in [-0.3, -0.25) is 0 Å². The molecule has 0 spiro atoms. The van der Waals surface area contributed by atoms with Crippen molar-refractivity contribution >= 4 is 17.0 Å². The van der Waals surface area contributed by atoms with Crippen LogP contribution in [0.2, 0.25) is 0 Å². The van der Waals surface area contributed by atoms with Crippen LogP contribution >= 0.6 is 0 Å². The van der Waals surface area contributed by atoms with E-state index in [9.17, 15) is 4.79 Å². The van der Waals surface area contributed by atoms with E-state index in [2.05, 4.69) is 29.4 Å². The van der Waals surface area contributed by atoms with Crippen LogP contribution in [0.5, 0.6) is 0 Å². The summed E-state index contributed by atoms with van der Waals surface area (Å²) in [4.78, 5) is 11.8. The van der Waals surface area contributed by atoms with E-state index in [0.29, 0.717) is 17.7 Å². The number of hydrogen-bond donors (Lipinski definition) is 0. The first-order valence-electron chi connectivity index (χ1n) is 7.27. The van der Waals surface area contributed by atoms with Crippen molar-refractivity contribution in [2.45, 2.75) is 19.9 Å². The van der Waals surface area contributed by atoms with Gasteiger partial charge in [0.25, 0.3) is 0 Å². The number of carbonyl (C=O) groups is 1. The molecule has 0 fully saturated rings. The molecule has 1 unspecified atom stereocenters. The number of rotatable bonds is 4. The molecule has 0 saturated heterocycles. The van der Waals surface area contributed by atoms with Crippen molar-refractivity contribution in [3.8, 4) is 0 Å². The molecule has 0 bridgehead atoms. The highest BCUT2D eigenvalue weighted by atomic mass is 16.5. The number of esters is 1. The predicted octanol–water partition coefficient (Wildman–Crippen LogP) is 3.22. The van der Waals surface area contributed by atoms with Gasteiger partial charge in [-0.05, 0) is 37.6 Å².